The minimum atomic E-state index is -1.83. The molecular weight excluding hydrogens is 244 g/mol. The molecule has 0 radical (unpaired) electrons. The molecule has 0 aromatic carbocycles. The Morgan fingerprint density at radius 1 is 1.39 bits per heavy atom. The van der Waals surface area contributed by atoms with Crippen LogP contribution in [0.15, 0.2) is 11.8 Å². The van der Waals surface area contributed by atoms with E-state index < -0.39 is 8.32 Å². The molecule has 0 bridgehead atoms. The van der Waals surface area contributed by atoms with Crippen molar-refractivity contribution in [3.63, 3.8) is 0 Å². The van der Waals surface area contributed by atoms with Crippen molar-refractivity contribution in [3.8, 4) is 0 Å². The van der Waals surface area contributed by atoms with Crippen molar-refractivity contribution in [2.45, 2.75) is 64.3 Å². The third-order valence-corrected chi connectivity index (χ3v) is 8.82. The second-order valence-corrected chi connectivity index (χ2v) is 11.6. The van der Waals surface area contributed by atoms with Crippen LogP contribution in [0.2, 0.25) is 18.1 Å². The molecule has 3 nitrogen and oxygen atoms in total. The van der Waals surface area contributed by atoms with Gasteiger partial charge in [0.1, 0.15) is 5.76 Å². The Bertz CT molecular complexity index is 379. The lowest BCUT2D eigenvalue weighted by Gasteiger charge is -2.39. The molecule has 1 heterocycles. The van der Waals surface area contributed by atoms with Crippen LogP contribution in [-0.4, -0.2) is 20.4 Å². The van der Waals surface area contributed by atoms with Crippen LogP contribution in [0, 0.1) is 5.92 Å². The van der Waals surface area contributed by atoms with Gasteiger partial charge in [-0.05, 0) is 37.0 Å². The summed E-state index contributed by atoms with van der Waals surface area (Å²) in [5, 5.41) is 0.170. The number of allylic oxidation sites excluding steroid dienone is 1. The van der Waals surface area contributed by atoms with E-state index in [0.29, 0.717) is 12.3 Å². The van der Waals surface area contributed by atoms with E-state index in [1.54, 1.807) is 0 Å². The minimum Gasteiger partial charge on any atom is -0.544 e. The zero-order valence-corrected chi connectivity index (χ0v) is 13.1. The molecule has 2 atom stereocenters. The molecule has 1 saturated heterocycles. The predicted molar refractivity (Wildman–Crippen MR) is 73.6 cm³/mol. The van der Waals surface area contributed by atoms with Gasteiger partial charge >= 0.3 is 5.97 Å². The highest BCUT2D eigenvalue weighted by Crippen LogP contribution is 2.42. The number of rotatable bonds is 2. The lowest BCUT2D eigenvalue weighted by molar-refractivity contribution is -0.141. The van der Waals surface area contributed by atoms with Crippen molar-refractivity contribution < 1.29 is 14.0 Å². The van der Waals surface area contributed by atoms with Gasteiger partial charge in [-0.25, -0.2) is 0 Å². The first kappa shape index (κ1) is 13.7. The summed E-state index contributed by atoms with van der Waals surface area (Å²) in [5.74, 6) is 1.18. The standard InChI is InChI=1S/C14H24O3Si/c1-14(2,3)18(4,5)17-11-8-6-7-10-9-12(15)16-13(10)11/h8,10,13H,6-7,9H2,1-5H3/t10-,13+/m0/s1. The second-order valence-electron chi connectivity index (χ2n) is 6.92. The summed E-state index contributed by atoms with van der Waals surface area (Å²) in [5.41, 5.74) is 0. The van der Waals surface area contributed by atoms with E-state index in [4.69, 9.17) is 9.16 Å². The van der Waals surface area contributed by atoms with Crippen molar-refractivity contribution in [2.24, 2.45) is 5.92 Å². The molecule has 2 rings (SSSR count). The van der Waals surface area contributed by atoms with Crippen molar-refractivity contribution in [2.75, 3.05) is 0 Å². The van der Waals surface area contributed by atoms with E-state index in [1.165, 1.54) is 0 Å². The first-order valence-corrected chi connectivity index (χ1v) is 9.70. The van der Waals surface area contributed by atoms with Crippen LogP contribution in [0.5, 0.6) is 0 Å². The molecular formula is C14H24O3Si. The monoisotopic (exact) mass is 268 g/mol. The highest BCUT2D eigenvalue weighted by molar-refractivity contribution is 6.74. The van der Waals surface area contributed by atoms with E-state index in [9.17, 15) is 4.79 Å². The highest BCUT2D eigenvalue weighted by Gasteiger charge is 2.45. The normalized spacial score (nSPS) is 28.5. The molecule has 0 aromatic heterocycles. The van der Waals surface area contributed by atoms with Gasteiger partial charge in [-0.2, -0.15) is 0 Å². The van der Waals surface area contributed by atoms with Crippen LogP contribution in [0.4, 0.5) is 0 Å². The Morgan fingerprint density at radius 2 is 2.06 bits per heavy atom. The summed E-state index contributed by atoms with van der Waals surface area (Å²) in [6, 6.07) is 0. The molecule has 0 aromatic rings. The van der Waals surface area contributed by atoms with Crippen molar-refractivity contribution in [3.05, 3.63) is 11.8 Å². The fourth-order valence-corrected chi connectivity index (χ4v) is 3.35. The second kappa shape index (κ2) is 4.40. The maximum Gasteiger partial charge on any atom is 0.306 e. The lowest BCUT2D eigenvalue weighted by Crippen LogP contribution is -2.42. The van der Waals surface area contributed by atoms with Crippen LogP contribution < -0.4 is 0 Å². The van der Waals surface area contributed by atoms with Gasteiger partial charge in [0.25, 0.3) is 0 Å². The van der Waals surface area contributed by atoms with Gasteiger partial charge in [-0.3, -0.25) is 4.79 Å². The molecule has 0 amide bonds. The van der Waals surface area contributed by atoms with Crippen LogP contribution in [0.3, 0.4) is 0 Å². The van der Waals surface area contributed by atoms with Crippen molar-refractivity contribution >= 4 is 14.3 Å². The molecule has 1 aliphatic heterocycles. The van der Waals surface area contributed by atoms with E-state index >= 15 is 0 Å². The molecule has 0 spiro atoms. The van der Waals surface area contributed by atoms with Crippen LogP contribution >= 0.6 is 0 Å². The van der Waals surface area contributed by atoms with Crippen molar-refractivity contribution in [1.82, 2.24) is 0 Å². The third-order valence-electron chi connectivity index (χ3n) is 4.46. The van der Waals surface area contributed by atoms with E-state index in [1.807, 2.05) is 0 Å². The molecule has 4 heteroatoms. The maximum atomic E-state index is 11.4. The lowest BCUT2D eigenvalue weighted by atomic mass is 9.90. The Kier molecular flexibility index (Phi) is 3.34. The molecule has 0 unspecified atom stereocenters. The van der Waals surface area contributed by atoms with Gasteiger partial charge in [0, 0.05) is 5.92 Å². The molecule has 0 N–H and O–H groups in total. The summed E-state index contributed by atoms with van der Waals surface area (Å²) in [7, 11) is -1.83. The summed E-state index contributed by atoms with van der Waals surface area (Å²) in [6.45, 7) is 11.1. The molecule has 0 saturated carbocycles. The van der Waals surface area contributed by atoms with E-state index in [0.717, 1.165) is 18.6 Å². The number of fused-ring (bicyclic) bond motifs is 1. The fourth-order valence-electron chi connectivity index (χ4n) is 2.25. The van der Waals surface area contributed by atoms with Gasteiger partial charge < -0.3 is 9.16 Å². The fraction of sp³-hybridized carbons (Fsp3) is 0.786. The van der Waals surface area contributed by atoms with Crippen molar-refractivity contribution in [1.29, 1.82) is 0 Å². The maximum absolute atomic E-state index is 11.4. The Balaban J connectivity index is 2.14. The smallest absolute Gasteiger partial charge is 0.306 e. The van der Waals surface area contributed by atoms with E-state index in [-0.39, 0.29) is 17.1 Å². The summed E-state index contributed by atoms with van der Waals surface area (Å²) in [6.07, 6.45) is 4.62. The number of ether oxygens (including phenoxy) is 1. The molecule has 2 aliphatic rings. The topological polar surface area (TPSA) is 35.5 Å². The molecule has 102 valence electrons. The quantitative estimate of drug-likeness (QED) is 0.567. The predicted octanol–water partition coefficient (Wildman–Crippen LogP) is 3.62. The number of carbonyl (C=O) groups is 1. The average Bonchev–Trinajstić information content (AvgIpc) is 2.57. The number of hydrogen-bond donors (Lipinski definition) is 0. The van der Waals surface area contributed by atoms with Crippen LogP contribution in [0.1, 0.15) is 40.0 Å². The van der Waals surface area contributed by atoms with Gasteiger partial charge in [0.05, 0.1) is 6.42 Å². The highest BCUT2D eigenvalue weighted by atomic mass is 28.4. The molecule has 1 aliphatic carbocycles. The Hall–Kier alpha value is -0.773. The van der Waals surface area contributed by atoms with Gasteiger partial charge in [0.2, 0.25) is 8.32 Å². The summed E-state index contributed by atoms with van der Waals surface area (Å²) >= 11 is 0. The number of hydrogen-bond acceptors (Lipinski definition) is 3. The average molecular weight is 268 g/mol. The summed E-state index contributed by atoms with van der Waals surface area (Å²) in [4.78, 5) is 11.4. The SMILES string of the molecule is CC(C)(C)[Si](C)(C)OC1=CCC[C@H]2CC(=O)O[C@@H]12. The van der Waals surface area contributed by atoms with Gasteiger partial charge in [-0.15, -0.1) is 0 Å². The first-order valence-electron chi connectivity index (χ1n) is 6.79. The van der Waals surface area contributed by atoms with Gasteiger partial charge in [-0.1, -0.05) is 20.8 Å². The zero-order valence-electron chi connectivity index (χ0n) is 12.1. The van der Waals surface area contributed by atoms with Crippen LogP contribution in [-0.2, 0) is 14.0 Å². The largest absolute Gasteiger partial charge is 0.544 e. The Morgan fingerprint density at radius 3 is 2.67 bits per heavy atom. The number of carbonyl (C=O) groups excluding carboxylic acids is 1. The Labute approximate surface area is 111 Å². The summed E-state index contributed by atoms with van der Waals surface area (Å²) < 4.78 is 11.8. The molecule has 1 fully saturated rings. The third kappa shape index (κ3) is 2.48. The van der Waals surface area contributed by atoms with Crippen LogP contribution in [0.25, 0.3) is 0 Å². The zero-order chi connectivity index (χ0) is 13.6. The van der Waals surface area contributed by atoms with E-state index in [2.05, 4.69) is 39.9 Å². The molecule has 18 heavy (non-hydrogen) atoms. The van der Waals surface area contributed by atoms with Gasteiger partial charge in [0.15, 0.2) is 6.10 Å². The minimum absolute atomic E-state index is 0.0726. The number of esters is 1. The first-order chi connectivity index (χ1) is 8.21.